The van der Waals surface area contributed by atoms with E-state index in [-0.39, 0.29) is 24.7 Å². The van der Waals surface area contributed by atoms with E-state index in [4.69, 9.17) is 9.47 Å². The number of rotatable bonds is 7. The van der Waals surface area contributed by atoms with Gasteiger partial charge in [0, 0.05) is 6.07 Å². The van der Waals surface area contributed by atoms with Crippen molar-refractivity contribution in [1.82, 2.24) is 0 Å². The number of aliphatic hydroxyl groups excluding tert-OH is 1. The van der Waals surface area contributed by atoms with Crippen molar-refractivity contribution < 1.29 is 23.9 Å². The molecule has 1 N–H and O–H groups in total. The molecule has 1 atom stereocenters. The first-order valence-electron chi connectivity index (χ1n) is 6.49. The zero-order valence-corrected chi connectivity index (χ0v) is 11.5. The minimum atomic E-state index is -0.963. The Morgan fingerprint density at radius 3 is 2.45 bits per heavy atom. The second-order valence-corrected chi connectivity index (χ2v) is 4.46. The van der Waals surface area contributed by atoms with Gasteiger partial charge in [-0.3, -0.25) is 10.1 Å². The number of hydrogen-bond donors (Lipinski definition) is 1. The zero-order valence-electron chi connectivity index (χ0n) is 11.5. The van der Waals surface area contributed by atoms with Crippen LogP contribution in [0.5, 0.6) is 11.5 Å². The molecule has 0 spiro atoms. The molecule has 2 rings (SSSR count). The molecule has 0 amide bonds. The first-order chi connectivity index (χ1) is 10.6. The van der Waals surface area contributed by atoms with Crippen molar-refractivity contribution in [2.24, 2.45) is 0 Å². The van der Waals surface area contributed by atoms with Crippen LogP contribution in [0.1, 0.15) is 0 Å². The highest BCUT2D eigenvalue weighted by Gasteiger charge is 2.13. The van der Waals surface area contributed by atoms with Crippen molar-refractivity contribution in [1.29, 1.82) is 0 Å². The smallest absolute Gasteiger partial charge is 0.272 e. The van der Waals surface area contributed by atoms with Gasteiger partial charge in [0.05, 0.1) is 11.0 Å². The van der Waals surface area contributed by atoms with Gasteiger partial charge in [0.1, 0.15) is 25.1 Å². The molecular formula is C15H14FNO5. The van der Waals surface area contributed by atoms with Crippen LogP contribution in [0.2, 0.25) is 0 Å². The lowest BCUT2D eigenvalue weighted by Crippen LogP contribution is -2.25. The number of non-ortho nitro benzene ring substituents is 1. The van der Waals surface area contributed by atoms with Crippen molar-refractivity contribution in [2.45, 2.75) is 6.10 Å². The fourth-order valence-corrected chi connectivity index (χ4v) is 1.66. The lowest BCUT2D eigenvalue weighted by atomic mass is 10.3. The Hall–Kier alpha value is -2.67. The fourth-order valence-electron chi connectivity index (χ4n) is 1.66. The van der Waals surface area contributed by atoms with E-state index in [0.29, 0.717) is 5.75 Å². The highest BCUT2D eigenvalue weighted by Crippen LogP contribution is 2.22. The van der Waals surface area contributed by atoms with Crippen LogP contribution in [0, 0.1) is 15.9 Å². The second-order valence-electron chi connectivity index (χ2n) is 4.46. The third-order valence-corrected chi connectivity index (χ3v) is 2.74. The van der Waals surface area contributed by atoms with Gasteiger partial charge in [0.25, 0.3) is 5.69 Å². The van der Waals surface area contributed by atoms with Crippen LogP contribution >= 0.6 is 0 Å². The number of hydrogen-bond acceptors (Lipinski definition) is 5. The van der Waals surface area contributed by atoms with Gasteiger partial charge in [0.2, 0.25) is 0 Å². The van der Waals surface area contributed by atoms with Crippen molar-refractivity contribution in [2.75, 3.05) is 13.2 Å². The molecule has 0 bridgehead atoms. The van der Waals surface area contributed by atoms with Gasteiger partial charge in [-0.2, -0.15) is 0 Å². The highest BCUT2D eigenvalue weighted by molar-refractivity contribution is 5.37. The largest absolute Gasteiger partial charge is 0.491 e. The Balaban J connectivity index is 1.83. The molecule has 0 aliphatic heterocycles. The number of para-hydroxylation sites is 1. The average molecular weight is 307 g/mol. The van der Waals surface area contributed by atoms with Crippen LogP contribution in [-0.2, 0) is 0 Å². The summed E-state index contributed by atoms with van der Waals surface area (Å²) in [6.07, 6.45) is -0.963. The van der Waals surface area contributed by atoms with Crippen LogP contribution in [0.3, 0.4) is 0 Å². The molecule has 0 saturated heterocycles. The number of ether oxygens (including phenoxy) is 2. The topological polar surface area (TPSA) is 81.8 Å². The summed E-state index contributed by atoms with van der Waals surface area (Å²) in [4.78, 5) is 9.79. The van der Waals surface area contributed by atoms with Gasteiger partial charge in [-0.15, -0.1) is 0 Å². The van der Waals surface area contributed by atoms with E-state index < -0.39 is 16.8 Å². The van der Waals surface area contributed by atoms with Crippen molar-refractivity contribution in [3.8, 4) is 11.5 Å². The van der Waals surface area contributed by atoms with E-state index in [1.54, 1.807) is 24.3 Å². The molecule has 0 heterocycles. The van der Waals surface area contributed by atoms with Crippen LogP contribution in [0.25, 0.3) is 0 Å². The summed E-state index contributed by atoms with van der Waals surface area (Å²) >= 11 is 0. The maximum atomic E-state index is 13.6. The summed E-state index contributed by atoms with van der Waals surface area (Å²) in [5.41, 5.74) is -0.363. The lowest BCUT2D eigenvalue weighted by molar-refractivity contribution is -0.385. The maximum absolute atomic E-state index is 13.6. The van der Waals surface area contributed by atoms with E-state index in [1.807, 2.05) is 6.07 Å². The molecule has 0 unspecified atom stereocenters. The van der Waals surface area contributed by atoms with Gasteiger partial charge in [-0.05, 0) is 18.2 Å². The summed E-state index contributed by atoms with van der Waals surface area (Å²) in [5, 5.41) is 20.2. The highest BCUT2D eigenvalue weighted by atomic mass is 19.1. The molecule has 22 heavy (non-hydrogen) atoms. The van der Waals surface area contributed by atoms with E-state index in [1.165, 1.54) is 0 Å². The molecule has 0 fully saturated rings. The van der Waals surface area contributed by atoms with E-state index in [2.05, 4.69) is 0 Å². The molecule has 7 heteroatoms. The standard InChI is InChI=1S/C15H14FNO5/c16-14-8-11(17(19)20)6-7-15(14)22-10-12(18)9-21-13-4-2-1-3-5-13/h1-8,12,18H,9-10H2/t12-/m0/s1. The van der Waals surface area contributed by atoms with Crippen LogP contribution in [-0.4, -0.2) is 29.3 Å². The van der Waals surface area contributed by atoms with Crippen LogP contribution in [0.4, 0.5) is 10.1 Å². The fraction of sp³-hybridized carbons (Fsp3) is 0.200. The molecule has 6 nitrogen and oxygen atoms in total. The van der Waals surface area contributed by atoms with E-state index in [0.717, 1.165) is 18.2 Å². The average Bonchev–Trinajstić information content (AvgIpc) is 2.52. The molecular weight excluding hydrogens is 293 g/mol. The Morgan fingerprint density at radius 2 is 1.82 bits per heavy atom. The Bertz CT molecular complexity index is 635. The van der Waals surface area contributed by atoms with E-state index >= 15 is 0 Å². The molecule has 0 saturated carbocycles. The molecule has 0 aromatic heterocycles. The van der Waals surface area contributed by atoms with Crippen molar-refractivity contribution in [3.63, 3.8) is 0 Å². The van der Waals surface area contributed by atoms with Crippen LogP contribution < -0.4 is 9.47 Å². The van der Waals surface area contributed by atoms with E-state index in [9.17, 15) is 19.6 Å². The third kappa shape index (κ3) is 4.42. The van der Waals surface area contributed by atoms with Gasteiger partial charge in [-0.1, -0.05) is 18.2 Å². The van der Waals surface area contributed by atoms with Gasteiger partial charge in [0.15, 0.2) is 11.6 Å². The second kappa shape index (κ2) is 7.37. The molecule has 0 aliphatic rings. The molecule has 0 radical (unpaired) electrons. The monoisotopic (exact) mass is 307 g/mol. The van der Waals surface area contributed by atoms with Gasteiger partial charge in [-0.25, -0.2) is 4.39 Å². The third-order valence-electron chi connectivity index (χ3n) is 2.74. The molecule has 116 valence electrons. The van der Waals surface area contributed by atoms with Crippen molar-refractivity contribution in [3.05, 3.63) is 64.5 Å². The van der Waals surface area contributed by atoms with Crippen molar-refractivity contribution >= 4 is 5.69 Å². The summed E-state index contributed by atoms with van der Waals surface area (Å²) in [7, 11) is 0. The van der Waals surface area contributed by atoms with Gasteiger partial charge >= 0.3 is 0 Å². The summed E-state index contributed by atoms with van der Waals surface area (Å²) in [5.74, 6) is -0.419. The predicted octanol–water partition coefficient (Wildman–Crippen LogP) is 2.55. The number of halogens is 1. The number of nitro benzene ring substituents is 1. The minimum absolute atomic E-state index is 0.0153. The number of nitro groups is 1. The maximum Gasteiger partial charge on any atom is 0.272 e. The SMILES string of the molecule is O=[N+]([O-])c1ccc(OC[C@@H](O)COc2ccccc2)c(F)c1. The Morgan fingerprint density at radius 1 is 1.14 bits per heavy atom. The summed E-state index contributed by atoms with van der Waals surface area (Å²) < 4.78 is 24.0. The quantitative estimate of drug-likeness (QED) is 0.628. The molecule has 2 aromatic rings. The number of benzene rings is 2. The Kier molecular flexibility index (Phi) is 5.26. The normalized spacial score (nSPS) is 11.7. The lowest BCUT2D eigenvalue weighted by Gasteiger charge is -2.13. The Labute approximate surface area is 125 Å². The molecule has 2 aromatic carbocycles. The summed E-state index contributed by atoms with van der Waals surface area (Å²) in [6.45, 7) is -0.208. The minimum Gasteiger partial charge on any atom is -0.491 e. The number of nitrogens with zero attached hydrogens (tertiary/aromatic N) is 1. The van der Waals surface area contributed by atoms with Crippen LogP contribution in [0.15, 0.2) is 48.5 Å². The molecule has 0 aliphatic carbocycles. The number of aliphatic hydroxyl groups is 1. The first-order valence-corrected chi connectivity index (χ1v) is 6.49. The van der Waals surface area contributed by atoms with Gasteiger partial charge < -0.3 is 14.6 Å². The predicted molar refractivity (Wildman–Crippen MR) is 76.5 cm³/mol. The first kappa shape index (κ1) is 15.7. The zero-order chi connectivity index (χ0) is 15.9. The summed E-state index contributed by atoms with van der Waals surface area (Å²) in [6, 6.07) is 12.0.